The van der Waals surface area contributed by atoms with Crippen LogP contribution in [0, 0.1) is 0 Å². The molecule has 0 aliphatic carbocycles. The van der Waals surface area contributed by atoms with Crippen LogP contribution >= 0.6 is 12.4 Å². The maximum atomic E-state index is 12.2. The van der Waals surface area contributed by atoms with Crippen molar-refractivity contribution in [1.29, 1.82) is 0 Å². The molecule has 0 spiro atoms. The first-order valence-corrected chi connectivity index (χ1v) is 7.39. The van der Waals surface area contributed by atoms with E-state index >= 15 is 0 Å². The number of nitrogens with one attached hydrogen (secondary N) is 2. The molecule has 1 amide bonds. The fourth-order valence-corrected chi connectivity index (χ4v) is 2.79. The van der Waals surface area contributed by atoms with Crippen LogP contribution in [0.15, 0.2) is 30.5 Å². The SMILES string of the molecule is Cl.NC1(C(=O)NCCc2c[nH]c3ccccc23)CCOCC1. The molecule has 2 aromatic rings. The summed E-state index contributed by atoms with van der Waals surface area (Å²) >= 11 is 0. The maximum Gasteiger partial charge on any atom is 0.240 e. The Kier molecular flexibility index (Phi) is 5.45. The number of para-hydroxylation sites is 1. The summed E-state index contributed by atoms with van der Waals surface area (Å²) < 4.78 is 5.26. The van der Waals surface area contributed by atoms with Crippen LogP contribution in [-0.2, 0) is 16.0 Å². The average molecular weight is 324 g/mol. The van der Waals surface area contributed by atoms with Gasteiger partial charge in [-0.05, 0) is 30.9 Å². The Bertz CT molecular complexity index is 635. The van der Waals surface area contributed by atoms with Gasteiger partial charge in [0.05, 0.1) is 5.54 Å². The van der Waals surface area contributed by atoms with E-state index in [4.69, 9.17) is 10.5 Å². The van der Waals surface area contributed by atoms with Gasteiger partial charge in [0.15, 0.2) is 0 Å². The molecule has 3 rings (SSSR count). The second kappa shape index (κ2) is 7.13. The third kappa shape index (κ3) is 3.43. The fourth-order valence-electron chi connectivity index (χ4n) is 2.79. The number of rotatable bonds is 4. The smallest absolute Gasteiger partial charge is 0.240 e. The minimum absolute atomic E-state index is 0. The molecule has 2 heterocycles. The summed E-state index contributed by atoms with van der Waals surface area (Å²) in [7, 11) is 0. The van der Waals surface area contributed by atoms with E-state index < -0.39 is 5.54 Å². The number of aromatic amines is 1. The molecule has 1 aromatic carbocycles. The molecule has 1 fully saturated rings. The average Bonchev–Trinajstić information content (AvgIpc) is 2.91. The van der Waals surface area contributed by atoms with Gasteiger partial charge in [-0.25, -0.2) is 0 Å². The standard InChI is InChI=1S/C16H21N3O2.ClH/c17-16(6-9-21-10-7-16)15(20)18-8-5-12-11-19-14-4-2-1-3-13(12)14;/h1-4,11,19H,5-10,17H2,(H,18,20);1H. The Morgan fingerprint density at radius 1 is 1.32 bits per heavy atom. The number of aromatic nitrogens is 1. The summed E-state index contributed by atoms with van der Waals surface area (Å²) in [5.41, 5.74) is 7.72. The van der Waals surface area contributed by atoms with Crippen molar-refractivity contribution in [3.63, 3.8) is 0 Å². The maximum absolute atomic E-state index is 12.2. The van der Waals surface area contributed by atoms with Gasteiger partial charge in [0.2, 0.25) is 5.91 Å². The highest BCUT2D eigenvalue weighted by Gasteiger charge is 2.35. The summed E-state index contributed by atoms with van der Waals surface area (Å²) in [5, 5.41) is 4.17. The van der Waals surface area contributed by atoms with Crippen molar-refractivity contribution < 1.29 is 9.53 Å². The second-order valence-electron chi connectivity index (χ2n) is 5.63. The van der Waals surface area contributed by atoms with Crippen LogP contribution in [0.3, 0.4) is 0 Å². The molecular weight excluding hydrogens is 302 g/mol. The lowest BCUT2D eigenvalue weighted by Crippen LogP contribution is -2.57. The van der Waals surface area contributed by atoms with E-state index in [1.807, 2.05) is 24.4 Å². The quantitative estimate of drug-likeness (QED) is 0.802. The van der Waals surface area contributed by atoms with Crippen LogP contribution in [0.5, 0.6) is 0 Å². The molecule has 0 unspecified atom stereocenters. The highest BCUT2D eigenvalue weighted by atomic mass is 35.5. The van der Waals surface area contributed by atoms with E-state index in [-0.39, 0.29) is 18.3 Å². The van der Waals surface area contributed by atoms with Gasteiger partial charge in [0, 0.05) is 36.9 Å². The van der Waals surface area contributed by atoms with Crippen molar-refractivity contribution in [3.8, 4) is 0 Å². The normalized spacial score (nSPS) is 17.0. The molecule has 6 heteroatoms. The van der Waals surface area contributed by atoms with E-state index in [1.165, 1.54) is 10.9 Å². The van der Waals surface area contributed by atoms with E-state index in [0.717, 1.165) is 11.9 Å². The molecule has 0 saturated carbocycles. The Morgan fingerprint density at radius 3 is 2.82 bits per heavy atom. The molecule has 1 aromatic heterocycles. The Balaban J connectivity index is 0.00000176. The van der Waals surface area contributed by atoms with E-state index in [0.29, 0.717) is 32.6 Å². The first kappa shape index (κ1) is 16.8. The van der Waals surface area contributed by atoms with Crippen molar-refractivity contribution in [3.05, 3.63) is 36.0 Å². The van der Waals surface area contributed by atoms with Gasteiger partial charge >= 0.3 is 0 Å². The molecule has 0 radical (unpaired) electrons. The summed E-state index contributed by atoms with van der Waals surface area (Å²) in [6.45, 7) is 1.72. The Labute approximate surface area is 136 Å². The summed E-state index contributed by atoms with van der Waals surface area (Å²) in [4.78, 5) is 15.5. The lowest BCUT2D eigenvalue weighted by atomic mass is 9.90. The minimum Gasteiger partial charge on any atom is -0.381 e. The van der Waals surface area contributed by atoms with Crippen molar-refractivity contribution in [1.82, 2.24) is 10.3 Å². The number of carbonyl (C=O) groups is 1. The first-order valence-electron chi connectivity index (χ1n) is 7.39. The molecule has 4 N–H and O–H groups in total. The largest absolute Gasteiger partial charge is 0.381 e. The number of benzene rings is 1. The number of amides is 1. The van der Waals surface area contributed by atoms with Crippen molar-refractivity contribution in [2.24, 2.45) is 5.73 Å². The minimum atomic E-state index is -0.765. The lowest BCUT2D eigenvalue weighted by molar-refractivity contribution is -0.129. The fraction of sp³-hybridized carbons (Fsp3) is 0.438. The van der Waals surface area contributed by atoms with Crippen LogP contribution < -0.4 is 11.1 Å². The predicted octanol–water partition coefficient (Wildman–Crippen LogP) is 1.76. The number of hydrogen-bond acceptors (Lipinski definition) is 3. The molecular formula is C16H22ClN3O2. The highest BCUT2D eigenvalue weighted by Crippen LogP contribution is 2.19. The number of halogens is 1. The molecule has 120 valence electrons. The van der Waals surface area contributed by atoms with E-state index in [9.17, 15) is 4.79 Å². The van der Waals surface area contributed by atoms with Crippen LogP contribution in [-0.4, -0.2) is 36.2 Å². The second-order valence-corrected chi connectivity index (χ2v) is 5.63. The number of ether oxygens (including phenoxy) is 1. The van der Waals surface area contributed by atoms with Gasteiger partial charge in [-0.2, -0.15) is 0 Å². The monoisotopic (exact) mass is 323 g/mol. The van der Waals surface area contributed by atoms with Crippen molar-refractivity contribution in [2.45, 2.75) is 24.8 Å². The number of nitrogens with two attached hydrogens (primary N) is 1. The van der Waals surface area contributed by atoms with Gasteiger partial charge in [0.1, 0.15) is 0 Å². The molecule has 22 heavy (non-hydrogen) atoms. The summed E-state index contributed by atoms with van der Waals surface area (Å²) in [6, 6.07) is 8.17. The van der Waals surface area contributed by atoms with Crippen molar-refractivity contribution >= 4 is 29.2 Å². The van der Waals surface area contributed by atoms with Crippen LogP contribution in [0.2, 0.25) is 0 Å². The zero-order valence-electron chi connectivity index (χ0n) is 12.4. The van der Waals surface area contributed by atoms with Gasteiger partial charge in [0.25, 0.3) is 0 Å². The molecule has 5 nitrogen and oxygen atoms in total. The number of hydrogen-bond donors (Lipinski definition) is 3. The number of fused-ring (bicyclic) bond motifs is 1. The van der Waals surface area contributed by atoms with Gasteiger partial charge < -0.3 is 20.8 Å². The van der Waals surface area contributed by atoms with E-state index in [1.54, 1.807) is 0 Å². The summed E-state index contributed by atoms with van der Waals surface area (Å²) in [6.07, 6.45) is 3.98. The molecule has 0 atom stereocenters. The van der Waals surface area contributed by atoms with Gasteiger partial charge in [-0.3, -0.25) is 4.79 Å². The third-order valence-corrected chi connectivity index (χ3v) is 4.19. The topological polar surface area (TPSA) is 80.1 Å². The van der Waals surface area contributed by atoms with Crippen LogP contribution in [0.1, 0.15) is 18.4 Å². The van der Waals surface area contributed by atoms with E-state index in [2.05, 4.69) is 16.4 Å². The van der Waals surface area contributed by atoms with Crippen LogP contribution in [0.4, 0.5) is 0 Å². The first-order chi connectivity index (χ1) is 10.2. The molecule has 1 saturated heterocycles. The zero-order valence-corrected chi connectivity index (χ0v) is 13.2. The molecule has 1 aliphatic rings. The Hall–Kier alpha value is -1.56. The lowest BCUT2D eigenvalue weighted by Gasteiger charge is -2.31. The van der Waals surface area contributed by atoms with Crippen molar-refractivity contribution in [2.75, 3.05) is 19.8 Å². The molecule has 1 aliphatic heterocycles. The highest BCUT2D eigenvalue weighted by molar-refractivity contribution is 5.86. The number of H-pyrrole nitrogens is 1. The Morgan fingerprint density at radius 2 is 2.05 bits per heavy atom. The van der Waals surface area contributed by atoms with Crippen LogP contribution in [0.25, 0.3) is 10.9 Å². The zero-order chi connectivity index (χ0) is 14.7. The van der Waals surface area contributed by atoms with Gasteiger partial charge in [-0.15, -0.1) is 12.4 Å². The predicted molar refractivity (Wildman–Crippen MR) is 89.2 cm³/mol. The number of carbonyl (C=O) groups excluding carboxylic acids is 1. The summed E-state index contributed by atoms with van der Waals surface area (Å²) in [5.74, 6) is -0.0642. The molecule has 0 bridgehead atoms. The third-order valence-electron chi connectivity index (χ3n) is 4.19. The van der Waals surface area contributed by atoms with Gasteiger partial charge in [-0.1, -0.05) is 18.2 Å².